The van der Waals surface area contributed by atoms with E-state index >= 15 is 0 Å². The maximum atomic E-state index is 11.3. The van der Waals surface area contributed by atoms with Crippen molar-refractivity contribution in [3.63, 3.8) is 0 Å². The van der Waals surface area contributed by atoms with E-state index < -0.39 is 0 Å². The van der Waals surface area contributed by atoms with Crippen LogP contribution in [0.2, 0.25) is 0 Å². The Bertz CT molecular complexity index is 277. The smallest absolute Gasteiger partial charge is 0.137 e. The number of rotatable bonds is 1. The van der Waals surface area contributed by atoms with Crippen molar-refractivity contribution >= 4 is 5.78 Å². The van der Waals surface area contributed by atoms with Crippen LogP contribution in [0.1, 0.15) is 40.5 Å². The van der Waals surface area contributed by atoms with Crippen LogP contribution in [-0.2, 0) is 4.79 Å². The molecule has 0 radical (unpaired) electrons. The Morgan fingerprint density at radius 2 is 2.00 bits per heavy atom. The highest BCUT2D eigenvalue weighted by Crippen LogP contribution is 2.30. The van der Waals surface area contributed by atoms with Crippen LogP contribution in [0.3, 0.4) is 0 Å². The normalized spacial score (nSPS) is 22.6. The lowest BCUT2D eigenvalue weighted by molar-refractivity contribution is -0.119. The van der Waals surface area contributed by atoms with Gasteiger partial charge in [0.15, 0.2) is 0 Å². The van der Waals surface area contributed by atoms with Crippen LogP contribution in [-0.4, -0.2) is 5.78 Å². The van der Waals surface area contributed by atoms with E-state index in [0.29, 0.717) is 5.78 Å². The van der Waals surface area contributed by atoms with Crippen LogP contribution >= 0.6 is 0 Å². The van der Waals surface area contributed by atoms with Crippen molar-refractivity contribution in [1.82, 2.24) is 0 Å². The molecule has 0 N–H and O–H groups in total. The lowest BCUT2D eigenvalue weighted by atomic mass is 9.82. The Morgan fingerprint density at radius 1 is 1.38 bits per heavy atom. The minimum absolute atomic E-state index is 0.152. The molecule has 0 aromatic carbocycles. The van der Waals surface area contributed by atoms with E-state index in [1.165, 1.54) is 16.7 Å². The van der Waals surface area contributed by atoms with Crippen molar-refractivity contribution < 1.29 is 4.79 Å². The minimum Gasteiger partial charge on any atom is -0.299 e. The Balaban J connectivity index is 2.90. The molecule has 0 saturated heterocycles. The number of hydrogen-bond acceptors (Lipinski definition) is 1. The molecule has 1 nitrogen and oxygen atoms in total. The molecular weight excluding hydrogens is 160 g/mol. The molecule has 0 aliphatic heterocycles. The summed E-state index contributed by atoms with van der Waals surface area (Å²) < 4.78 is 0. The summed E-state index contributed by atoms with van der Waals surface area (Å²) in [4.78, 5) is 11.3. The van der Waals surface area contributed by atoms with E-state index in [2.05, 4.69) is 26.8 Å². The van der Waals surface area contributed by atoms with E-state index in [9.17, 15) is 4.79 Å². The summed E-state index contributed by atoms with van der Waals surface area (Å²) in [6.07, 6.45) is 4.18. The second kappa shape index (κ2) is 3.91. The largest absolute Gasteiger partial charge is 0.299 e. The van der Waals surface area contributed by atoms with Gasteiger partial charge in [0.05, 0.1) is 0 Å². The highest BCUT2D eigenvalue weighted by molar-refractivity contribution is 5.81. The summed E-state index contributed by atoms with van der Waals surface area (Å²) in [6.45, 7) is 8.01. The van der Waals surface area contributed by atoms with Crippen LogP contribution in [0.5, 0.6) is 0 Å². The lowest BCUT2D eigenvalue weighted by Gasteiger charge is -2.22. The fourth-order valence-corrected chi connectivity index (χ4v) is 1.79. The first-order valence-electron chi connectivity index (χ1n) is 4.84. The Hall–Kier alpha value is -0.850. The van der Waals surface area contributed by atoms with Crippen LogP contribution in [0, 0.1) is 5.92 Å². The SMILES string of the molecule is CC(=O)C1CC(=C(C)C)CC=C1C. The fraction of sp³-hybridized carbons (Fsp3) is 0.583. The molecule has 0 spiro atoms. The standard InChI is InChI=1S/C12H18O/c1-8(2)11-6-5-9(3)12(7-11)10(4)13/h5,12H,6-7H2,1-4H3. The van der Waals surface area contributed by atoms with Gasteiger partial charge >= 0.3 is 0 Å². The number of ketones is 1. The summed E-state index contributed by atoms with van der Waals surface area (Å²) in [5, 5.41) is 0. The predicted octanol–water partition coefficient (Wildman–Crippen LogP) is 3.27. The van der Waals surface area contributed by atoms with Gasteiger partial charge < -0.3 is 0 Å². The summed E-state index contributed by atoms with van der Waals surface area (Å²) in [7, 11) is 0. The van der Waals surface area contributed by atoms with E-state index in [-0.39, 0.29) is 5.92 Å². The van der Waals surface area contributed by atoms with E-state index in [1.807, 2.05) is 0 Å². The molecular formula is C12H18O. The number of allylic oxidation sites excluding steroid dienone is 4. The lowest BCUT2D eigenvalue weighted by Crippen LogP contribution is -2.16. The molecule has 0 heterocycles. The van der Waals surface area contributed by atoms with Gasteiger partial charge in [-0.1, -0.05) is 22.8 Å². The van der Waals surface area contributed by atoms with Crippen LogP contribution < -0.4 is 0 Å². The molecule has 0 bridgehead atoms. The second-order valence-corrected chi connectivity index (χ2v) is 4.12. The molecule has 1 aliphatic carbocycles. The van der Waals surface area contributed by atoms with Crippen molar-refractivity contribution in [2.75, 3.05) is 0 Å². The van der Waals surface area contributed by atoms with Crippen molar-refractivity contribution in [3.8, 4) is 0 Å². The molecule has 0 aromatic heterocycles. The van der Waals surface area contributed by atoms with Gasteiger partial charge in [-0.25, -0.2) is 0 Å². The number of Topliss-reactive ketones (excluding diaryl/α,β-unsaturated/α-hetero) is 1. The van der Waals surface area contributed by atoms with Crippen molar-refractivity contribution in [3.05, 3.63) is 22.8 Å². The average Bonchev–Trinajstić information content (AvgIpc) is 2.04. The second-order valence-electron chi connectivity index (χ2n) is 4.12. The highest BCUT2D eigenvalue weighted by Gasteiger charge is 2.21. The summed E-state index contributed by atoms with van der Waals surface area (Å²) in [5.41, 5.74) is 4.05. The molecule has 0 aromatic rings. The van der Waals surface area contributed by atoms with Gasteiger partial charge in [-0.3, -0.25) is 4.79 Å². The summed E-state index contributed by atoms with van der Waals surface area (Å²) in [6, 6.07) is 0. The molecule has 1 unspecified atom stereocenters. The molecule has 13 heavy (non-hydrogen) atoms. The van der Waals surface area contributed by atoms with Gasteiger partial charge in [-0.05, 0) is 40.5 Å². The fourth-order valence-electron chi connectivity index (χ4n) is 1.79. The Morgan fingerprint density at radius 3 is 2.46 bits per heavy atom. The monoisotopic (exact) mass is 178 g/mol. The zero-order valence-electron chi connectivity index (χ0n) is 8.98. The summed E-state index contributed by atoms with van der Waals surface area (Å²) >= 11 is 0. The Kier molecular flexibility index (Phi) is 3.07. The zero-order valence-corrected chi connectivity index (χ0v) is 8.98. The molecule has 0 fully saturated rings. The maximum absolute atomic E-state index is 11.3. The first-order chi connectivity index (χ1) is 6.02. The number of carbonyl (C=O) groups is 1. The van der Waals surface area contributed by atoms with Gasteiger partial charge in [0.25, 0.3) is 0 Å². The molecule has 1 rings (SSSR count). The molecule has 1 atom stereocenters. The van der Waals surface area contributed by atoms with Crippen molar-refractivity contribution in [2.24, 2.45) is 5.92 Å². The highest BCUT2D eigenvalue weighted by atomic mass is 16.1. The van der Waals surface area contributed by atoms with E-state index in [1.54, 1.807) is 6.92 Å². The molecule has 0 amide bonds. The minimum atomic E-state index is 0.152. The molecule has 72 valence electrons. The van der Waals surface area contributed by atoms with Gasteiger partial charge in [0, 0.05) is 5.92 Å². The quantitative estimate of drug-likeness (QED) is 0.563. The first-order valence-corrected chi connectivity index (χ1v) is 4.84. The molecule has 1 aliphatic rings. The average molecular weight is 178 g/mol. The van der Waals surface area contributed by atoms with Gasteiger partial charge in [0.1, 0.15) is 5.78 Å². The Labute approximate surface area is 80.5 Å². The predicted molar refractivity (Wildman–Crippen MR) is 55.5 cm³/mol. The molecule has 1 heteroatoms. The van der Waals surface area contributed by atoms with Crippen LogP contribution in [0.4, 0.5) is 0 Å². The van der Waals surface area contributed by atoms with Crippen molar-refractivity contribution in [1.29, 1.82) is 0 Å². The van der Waals surface area contributed by atoms with Gasteiger partial charge in [-0.15, -0.1) is 0 Å². The van der Waals surface area contributed by atoms with E-state index in [4.69, 9.17) is 0 Å². The third-order valence-electron chi connectivity index (χ3n) is 2.87. The van der Waals surface area contributed by atoms with Crippen molar-refractivity contribution in [2.45, 2.75) is 40.5 Å². The zero-order chi connectivity index (χ0) is 10.0. The summed E-state index contributed by atoms with van der Waals surface area (Å²) in [5.74, 6) is 0.450. The third kappa shape index (κ3) is 2.30. The van der Waals surface area contributed by atoms with Gasteiger partial charge in [0.2, 0.25) is 0 Å². The number of carbonyl (C=O) groups excluding carboxylic acids is 1. The topological polar surface area (TPSA) is 17.1 Å². The van der Waals surface area contributed by atoms with Crippen LogP contribution in [0.25, 0.3) is 0 Å². The first kappa shape index (κ1) is 10.2. The third-order valence-corrected chi connectivity index (χ3v) is 2.87. The maximum Gasteiger partial charge on any atom is 0.137 e. The van der Waals surface area contributed by atoms with Gasteiger partial charge in [-0.2, -0.15) is 0 Å². The van der Waals surface area contributed by atoms with E-state index in [0.717, 1.165) is 12.8 Å². The molecule has 0 saturated carbocycles. The van der Waals surface area contributed by atoms with Crippen LogP contribution in [0.15, 0.2) is 22.8 Å². The number of hydrogen-bond donors (Lipinski definition) is 0.